The Kier molecular flexibility index (Phi) is 7.05. The number of aromatic carboxylic acids is 1. The van der Waals surface area contributed by atoms with Gasteiger partial charge >= 0.3 is 5.97 Å². The molecular formula is C25H26N2O4. The average Bonchev–Trinajstić information content (AvgIpc) is 2.75. The van der Waals surface area contributed by atoms with E-state index in [1.807, 2.05) is 26.2 Å². The Balaban J connectivity index is 1.67. The third-order valence-electron chi connectivity index (χ3n) is 5.00. The fourth-order valence-corrected chi connectivity index (χ4v) is 3.27. The second-order valence-electron chi connectivity index (χ2n) is 7.66. The monoisotopic (exact) mass is 418 g/mol. The Morgan fingerprint density at radius 2 is 1.45 bits per heavy atom. The van der Waals surface area contributed by atoms with Crippen molar-refractivity contribution in [3.63, 3.8) is 0 Å². The first-order chi connectivity index (χ1) is 14.8. The highest BCUT2D eigenvalue weighted by atomic mass is 16.4. The summed E-state index contributed by atoms with van der Waals surface area (Å²) >= 11 is 0. The Morgan fingerprint density at radius 1 is 0.871 bits per heavy atom. The lowest BCUT2D eigenvalue weighted by atomic mass is 10.0. The molecule has 1 amide bonds. The fraction of sp³-hybridized carbons (Fsp3) is 0.200. The molecule has 6 nitrogen and oxygen atoms in total. The van der Waals surface area contributed by atoms with E-state index in [4.69, 9.17) is 5.11 Å². The van der Waals surface area contributed by atoms with Crippen molar-refractivity contribution in [2.24, 2.45) is 0 Å². The van der Waals surface area contributed by atoms with Crippen LogP contribution in [0.2, 0.25) is 0 Å². The molecule has 3 aromatic carbocycles. The van der Waals surface area contributed by atoms with Crippen molar-refractivity contribution in [1.29, 1.82) is 0 Å². The van der Waals surface area contributed by atoms with Crippen molar-refractivity contribution in [2.45, 2.75) is 12.8 Å². The van der Waals surface area contributed by atoms with Crippen LogP contribution in [0.4, 0.5) is 5.69 Å². The molecule has 0 aliphatic rings. The van der Waals surface area contributed by atoms with E-state index in [1.54, 1.807) is 54.6 Å². The molecule has 3 aromatic rings. The molecule has 0 saturated heterocycles. The molecule has 0 bridgehead atoms. The summed E-state index contributed by atoms with van der Waals surface area (Å²) in [7, 11) is 4.00. The van der Waals surface area contributed by atoms with E-state index in [0.717, 1.165) is 29.7 Å². The van der Waals surface area contributed by atoms with Crippen LogP contribution < -0.4 is 5.32 Å². The molecule has 0 aliphatic carbocycles. The van der Waals surface area contributed by atoms with Gasteiger partial charge in [-0.2, -0.15) is 0 Å². The lowest BCUT2D eigenvalue weighted by Gasteiger charge is -2.11. The van der Waals surface area contributed by atoms with Gasteiger partial charge in [-0.3, -0.25) is 4.79 Å². The maximum absolute atomic E-state index is 12.7. The number of carboxylic acids is 1. The average molecular weight is 418 g/mol. The molecule has 0 atom stereocenters. The highest BCUT2D eigenvalue weighted by molar-refractivity contribution is 6.04. The summed E-state index contributed by atoms with van der Waals surface area (Å²) in [5, 5.41) is 22.0. The van der Waals surface area contributed by atoms with Gasteiger partial charge in [-0.15, -0.1) is 0 Å². The molecule has 0 aromatic heterocycles. The zero-order valence-electron chi connectivity index (χ0n) is 17.6. The Morgan fingerprint density at radius 3 is 2.03 bits per heavy atom. The first-order valence-corrected chi connectivity index (χ1v) is 10.1. The first-order valence-electron chi connectivity index (χ1n) is 10.1. The number of amides is 1. The SMILES string of the molecule is CN(C)CCCc1cc(C(=O)Nc2ccc(-c3ccc(C(=O)O)cc3)cc2)ccc1O. The Labute approximate surface area is 181 Å². The number of aromatic hydroxyl groups is 1. The minimum absolute atomic E-state index is 0.202. The lowest BCUT2D eigenvalue weighted by Crippen LogP contribution is -2.14. The molecular weight excluding hydrogens is 392 g/mol. The van der Waals surface area contributed by atoms with Gasteiger partial charge in [0.1, 0.15) is 5.75 Å². The maximum Gasteiger partial charge on any atom is 0.335 e. The van der Waals surface area contributed by atoms with Crippen LogP contribution >= 0.6 is 0 Å². The van der Waals surface area contributed by atoms with Gasteiger partial charge in [-0.25, -0.2) is 4.79 Å². The third-order valence-corrected chi connectivity index (χ3v) is 5.00. The number of nitrogens with one attached hydrogen (secondary N) is 1. The number of nitrogens with zero attached hydrogens (tertiary/aromatic N) is 1. The van der Waals surface area contributed by atoms with Crippen LogP contribution in [0.3, 0.4) is 0 Å². The zero-order valence-corrected chi connectivity index (χ0v) is 17.6. The van der Waals surface area contributed by atoms with Gasteiger partial charge in [0.25, 0.3) is 5.91 Å². The van der Waals surface area contributed by atoms with Gasteiger partial charge in [-0.05, 0) is 92.6 Å². The van der Waals surface area contributed by atoms with Crippen molar-refractivity contribution in [2.75, 3.05) is 26.0 Å². The van der Waals surface area contributed by atoms with Crippen LogP contribution in [0.25, 0.3) is 11.1 Å². The largest absolute Gasteiger partial charge is 0.508 e. The number of benzene rings is 3. The molecule has 0 heterocycles. The van der Waals surface area contributed by atoms with Gasteiger partial charge in [0, 0.05) is 11.3 Å². The van der Waals surface area contributed by atoms with Gasteiger partial charge in [0.05, 0.1) is 5.56 Å². The van der Waals surface area contributed by atoms with E-state index in [1.165, 1.54) is 0 Å². The van der Waals surface area contributed by atoms with E-state index in [-0.39, 0.29) is 17.2 Å². The van der Waals surface area contributed by atoms with Crippen LogP contribution in [0.1, 0.15) is 32.7 Å². The van der Waals surface area contributed by atoms with E-state index < -0.39 is 5.97 Å². The molecule has 0 spiro atoms. The highest BCUT2D eigenvalue weighted by Crippen LogP contribution is 2.24. The number of phenols is 1. The molecule has 3 N–H and O–H groups in total. The number of hydrogen-bond acceptors (Lipinski definition) is 4. The van der Waals surface area contributed by atoms with Gasteiger partial charge in [0.2, 0.25) is 0 Å². The summed E-state index contributed by atoms with van der Waals surface area (Å²) < 4.78 is 0. The van der Waals surface area contributed by atoms with Crippen LogP contribution in [0, 0.1) is 0 Å². The summed E-state index contributed by atoms with van der Waals surface area (Å²) in [4.78, 5) is 25.7. The third kappa shape index (κ3) is 5.93. The number of carboxylic acid groups (broad SMARTS) is 1. The van der Waals surface area contributed by atoms with E-state index in [0.29, 0.717) is 17.7 Å². The van der Waals surface area contributed by atoms with Crippen molar-refractivity contribution in [3.8, 4) is 16.9 Å². The Bertz CT molecular complexity index is 1060. The van der Waals surface area contributed by atoms with E-state index in [2.05, 4.69) is 10.2 Å². The summed E-state index contributed by atoms with van der Waals surface area (Å²) in [6.45, 7) is 0.904. The summed E-state index contributed by atoms with van der Waals surface area (Å²) in [6, 6.07) is 18.9. The summed E-state index contributed by atoms with van der Waals surface area (Å²) in [5.41, 5.74) is 3.95. The molecule has 3 rings (SSSR count). The second-order valence-corrected chi connectivity index (χ2v) is 7.66. The predicted octanol–water partition coefficient (Wildman–Crippen LogP) is 4.50. The normalized spacial score (nSPS) is 10.8. The number of carbonyl (C=O) groups is 2. The molecule has 0 unspecified atom stereocenters. The number of phenolic OH excluding ortho intramolecular Hbond substituents is 1. The highest BCUT2D eigenvalue weighted by Gasteiger charge is 2.11. The minimum atomic E-state index is -0.959. The van der Waals surface area contributed by atoms with Crippen molar-refractivity contribution in [1.82, 2.24) is 4.90 Å². The predicted molar refractivity (Wildman–Crippen MR) is 122 cm³/mol. The van der Waals surface area contributed by atoms with Crippen LogP contribution in [0.15, 0.2) is 66.7 Å². The standard InChI is InChI=1S/C25H26N2O4/c1-27(2)15-3-4-20-16-21(11-14-23(20)28)24(29)26-22-12-9-18(10-13-22)17-5-7-19(8-6-17)25(30)31/h5-14,16,28H,3-4,15H2,1-2H3,(H,26,29)(H,30,31). The van der Waals surface area contributed by atoms with Gasteiger partial charge in [0.15, 0.2) is 0 Å². The fourth-order valence-electron chi connectivity index (χ4n) is 3.27. The summed E-state index contributed by atoms with van der Waals surface area (Å²) in [5.74, 6) is -0.999. The number of rotatable bonds is 8. The number of carbonyl (C=O) groups excluding carboxylic acids is 1. The number of aryl methyl sites for hydroxylation is 1. The molecule has 0 aliphatic heterocycles. The quantitative estimate of drug-likeness (QED) is 0.501. The van der Waals surface area contributed by atoms with E-state index >= 15 is 0 Å². The summed E-state index contributed by atoms with van der Waals surface area (Å²) in [6.07, 6.45) is 1.58. The van der Waals surface area contributed by atoms with Crippen LogP contribution in [-0.4, -0.2) is 47.6 Å². The minimum Gasteiger partial charge on any atom is -0.508 e. The second kappa shape index (κ2) is 9.91. The maximum atomic E-state index is 12.7. The smallest absolute Gasteiger partial charge is 0.335 e. The molecule has 0 fully saturated rings. The van der Waals surface area contributed by atoms with E-state index in [9.17, 15) is 14.7 Å². The first kappa shape index (κ1) is 22.1. The van der Waals surface area contributed by atoms with Gasteiger partial charge in [-0.1, -0.05) is 24.3 Å². The molecule has 31 heavy (non-hydrogen) atoms. The topological polar surface area (TPSA) is 89.9 Å². The lowest BCUT2D eigenvalue weighted by molar-refractivity contribution is 0.0696. The molecule has 6 heteroatoms. The van der Waals surface area contributed by atoms with Crippen molar-refractivity contribution < 1.29 is 19.8 Å². The zero-order chi connectivity index (χ0) is 22.4. The number of anilines is 1. The van der Waals surface area contributed by atoms with Crippen molar-refractivity contribution in [3.05, 3.63) is 83.4 Å². The van der Waals surface area contributed by atoms with Crippen LogP contribution in [0.5, 0.6) is 5.75 Å². The Hall–Kier alpha value is -3.64. The molecule has 0 radical (unpaired) electrons. The molecule has 0 saturated carbocycles. The number of hydrogen-bond donors (Lipinski definition) is 3. The molecule has 160 valence electrons. The van der Waals surface area contributed by atoms with Crippen molar-refractivity contribution >= 4 is 17.6 Å². The van der Waals surface area contributed by atoms with Crippen LogP contribution in [-0.2, 0) is 6.42 Å². The van der Waals surface area contributed by atoms with Gasteiger partial charge < -0.3 is 20.4 Å².